The van der Waals surface area contributed by atoms with Gasteiger partial charge in [-0.3, -0.25) is 4.79 Å². The van der Waals surface area contributed by atoms with Gasteiger partial charge in [0.25, 0.3) is 5.91 Å². The molecule has 1 heterocycles. The van der Waals surface area contributed by atoms with E-state index in [0.29, 0.717) is 27.8 Å². The van der Waals surface area contributed by atoms with Crippen molar-refractivity contribution in [1.82, 2.24) is 5.43 Å². The van der Waals surface area contributed by atoms with Crippen LogP contribution in [0.3, 0.4) is 0 Å². The topological polar surface area (TPSA) is 93.3 Å². The minimum atomic E-state index is -4.75. The second-order valence-electron chi connectivity index (χ2n) is 7.16. The number of hydrogen-bond acceptors (Lipinski definition) is 6. The molecule has 0 saturated heterocycles. The van der Waals surface area contributed by atoms with Crippen molar-refractivity contribution in [3.63, 3.8) is 0 Å². The largest absolute Gasteiger partial charge is 0.573 e. The Morgan fingerprint density at radius 1 is 1.11 bits per heavy atom. The molecule has 1 aromatic heterocycles. The zero-order valence-electron chi connectivity index (χ0n) is 17.7. The summed E-state index contributed by atoms with van der Waals surface area (Å²) in [6.07, 6.45) is -1.86. The maximum atomic E-state index is 12.3. The van der Waals surface area contributed by atoms with Gasteiger partial charge in [0.2, 0.25) is 0 Å². The Labute approximate surface area is 201 Å². The van der Waals surface area contributed by atoms with Gasteiger partial charge in [-0.1, -0.05) is 23.7 Å². The highest BCUT2D eigenvalue weighted by atomic mass is 35.5. The predicted molar refractivity (Wildman–Crippen MR) is 122 cm³/mol. The normalized spacial score (nSPS) is 11.7. The zero-order chi connectivity index (χ0) is 25.0. The molecule has 7 nitrogen and oxygen atoms in total. The molecule has 0 fully saturated rings. The van der Waals surface area contributed by atoms with Crippen LogP contribution in [0.25, 0.3) is 11.0 Å². The van der Waals surface area contributed by atoms with Crippen LogP contribution < -0.4 is 14.9 Å². The minimum absolute atomic E-state index is 0.0444. The number of carbonyl (C=O) groups is 1. The average molecular weight is 505 g/mol. The maximum absolute atomic E-state index is 12.3. The third kappa shape index (κ3) is 6.04. The summed E-state index contributed by atoms with van der Waals surface area (Å²) in [6, 6.07) is 14.4. The van der Waals surface area contributed by atoms with Crippen molar-refractivity contribution in [2.75, 3.05) is 0 Å². The Morgan fingerprint density at radius 2 is 1.89 bits per heavy atom. The monoisotopic (exact) mass is 504 g/mol. The van der Waals surface area contributed by atoms with Gasteiger partial charge in [-0.15, -0.1) is 13.2 Å². The summed E-state index contributed by atoms with van der Waals surface area (Å²) in [5.41, 5.74) is 4.30. The van der Waals surface area contributed by atoms with Gasteiger partial charge in [-0.25, -0.2) is 5.43 Å². The van der Waals surface area contributed by atoms with Crippen LogP contribution in [0.5, 0.6) is 17.2 Å². The smallest absolute Gasteiger partial charge is 0.506 e. The van der Waals surface area contributed by atoms with Gasteiger partial charge in [-0.05, 0) is 54.1 Å². The molecule has 4 aromatic rings. The van der Waals surface area contributed by atoms with Gasteiger partial charge < -0.3 is 19.0 Å². The highest BCUT2D eigenvalue weighted by Crippen LogP contribution is 2.30. The molecule has 0 spiro atoms. The van der Waals surface area contributed by atoms with Gasteiger partial charge in [0.05, 0.1) is 17.5 Å². The highest BCUT2D eigenvalue weighted by molar-refractivity contribution is 6.32. The molecule has 1 amide bonds. The molecule has 11 heteroatoms. The lowest BCUT2D eigenvalue weighted by Gasteiger charge is -2.10. The average Bonchev–Trinajstić information content (AvgIpc) is 3.30. The Kier molecular flexibility index (Phi) is 6.83. The number of fused-ring (bicyclic) bond motifs is 1. The third-order valence-electron chi connectivity index (χ3n) is 4.75. The molecule has 0 aliphatic carbocycles. The molecule has 180 valence electrons. The number of furan rings is 1. The van der Waals surface area contributed by atoms with Crippen LogP contribution in [0.2, 0.25) is 5.02 Å². The van der Waals surface area contributed by atoms with E-state index in [1.54, 1.807) is 18.2 Å². The minimum Gasteiger partial charge on any atom is -0.506 e. The number of nitrogens with one attached hydrogen (secondary N) is 1. The van der Waals surface area contributed by atoms with E-state index in [-0.39, 0.29) is 28.7 Å². The summed E-state index contributed by atoms with van der Waals surface area (Å²) in [5.74, 6) is -0.554. The molecule has 0 unspecified atom stereocenters. The Balaban J connectivity index is 1.42. The third-order valence-corrected chi connectivity index (χ3v) is 5.05. The first kappa shape index (κ1) is 24.0. The van der Waals surface area contributed by atoms with Crippen LogP contribution in [0.4, 0.5) is 13.2 Å². The van der Waals surface area contributed by atoms with Crippen molar-refractivity contribution < 1.29 is 37.0 Å². The molecule has 0 aliphatic rings. The number of alkyl halides is 3. The van der Waals surface area contributed by atoms with Crippen molar-refractivity contribution in [3.05, 3.63) is 88.6 Å². The summed E-state index contributed by atoms with van der Waals surface area (Å²) in [6.45, 7) is 0.0841. The van der Waals surface area contributed by atoms with E-state index in [1.807, 2.05) is 0 Å². The molecule has 2 N–H and O–H groups in total. The molecule has 0 saturated carbocycles. The van der Waals surface area contributed by atoms with Crippen molar-refractivity contribution in [2.24, 2.45) is 5.10 Å². The SMILES string of the molecule is O=C(N/N=C/c1ccc(OCc2ccc(OC(F)(F)F)cc2)c2occc12)c1ccc(O)c(Cl)c1. The zero-order valence-corrected chi connectivity index (χ0v) is 18.4. The Morgan fingerprint density at radius 3 is 2.60 bits per heavy atom. The number of nitrogens with zero attached hydrogens (tertiary/aromatic N) is 1. The number of hydrazone groups is 1. The second-order valence-corrected chi connectivity index (χ2v) is 7.57. The molecule has 0 aliphatic heterocycles. The fraction of sp³-hybridized carbons (Fsp3) is 0.0833. The quantitative estimate of drug-likeness (QED) is 0.237. The number of phenols is 1. The lowest BCUT2D eigenvalue weighted by atomic mass is 10.1. The maximum Gasteiger partial charge on any atom is 0.573 e. The Hall–Kier alpha value is -4.18. The van der Waals surface area contributed by atoms with Crippen LogP contribution in [0.15, 0.2) is 76.4 Å². The lowest BCUT2D eigenvalue weighted by molar-refractivity contribution is -0.274. The fourth-order valence-electron chi connectivity index (χ4n) is 3.11. The molecular formula is C24H16ClF3N2O5. The summed E-state index contributed by atoms with van der Waals surface area (Å²) < 4.78 is 52.0. The number of ether oxygens (including phenoxy) is 2. The van der Waals surface area contributed by atoms with Crippen LogP contribution in [0.1, 0.15) is 21.5 Å². The number of aromatic hydroxyl groups is 1. The van der Waals surface area contributed by atoms with Crippen molar-refractivity contribution in [2.45, 2.75) is 13.0 Å². The first-order chi connectivity index (χ1) is 16.7. The second kappa shape index (κ2) is 9.98. The van der Waals surface area contributed by atoms with Crippen molar-refractivity contribution in [3.8, 4) is 17.2 Å². The molecular weight excluding hydrogens is 489 g/mol. The van der Waals surface area contributed by atoms with E-state index in [9.17, 15) is 23.1 Å². The van der Waals surface area contributed by atoms with Crippen LogP contribution in [-0.4, -0.2) is 23.6 Å². The summed E-state index contributed by atoms with van der Waals surface area (Å²) >= 11 is 5.81. The van der Waals surface area contributed by atoms with E-state index in [4.69, 9.17) is 20.8 Å². The van der Waals surface area contributed by atoms with Crippen molar-refractivity contribution >= 4 is 34.7 Å². The molecule has 0 atom stereocenters. The molecule has 3 aromatic carbocycles. The molecule has 0 radical (unpaired) electrons. The lowest BCUT2D eigenvalue weighted by Crippen LogP contribution is -2.17. The number of halogens is 4. The standard InChI is InChI=1S/C24H16ClF3N2O5/c25-19-11-15(3-7-20(19)31)23(32)30-29-12-16-4-8-21(22-18(16)9-10-33-22)34-13-14-1-5-17(6-2-14)35-24(26,27)28/h1-12,31H,13H2,(H,30,32)/b29-12+. The van der Waals surface area contributed by atoms with Crippen LogP contribution in [-0.2, 0) is 6.61 Å². The first-order valence-corrected chi connectivity index (χ1v) is 10.4. The number of rotatable bonds is 7. The van der Waals surface area contributed by atoms with E-state index < -0.39 is 12.3 Å². The number of benzene rings is 3. The predicted octanol–water partition coefficient (Wildman–Crippen LogP) is 6.03. The fourth-order valence-corrected chi connectivity index (χ4v) is 3.29. The van der Waals surface area contributed by atoms with Gasteiger partial charge >= 0.3 is 6.36 Å². The van der Waals surface area contributed by atoms with Gasteiger partial charge in [0.1, 0.15) is 18.1 Å². The molecule has 4 rings (SSSR count). The van der Waals surface area contributed by atoms with E-state index in [2.05, 4.69) is 15.3 Å². The first-order valence-electron chi connectivity index (χ1n) is 9.99. The van der Waals surface area contributed by atoms with Crippen LogP contribution in [0, 0.1) is 0 Å². The van der Waals surface area contributed by atoms with E-state index >= 15 is 0 Å². The summed E-state index contributed by atoms with van der Waals surface area (Å²) in [5, 5.41) is 14.1. The van der Waals surface area contributed by atoms with Crippen LogP contribution >= 0.6 is 11.6 Å². The van der Waals surface area contributed by atoms with E-state index in [1.165, 1.54) is 54.9 Å². The van der Waals surface area contributed by atoms with E-state index in [0.717, 1.165) is 0 Å². The number of amides is 1. The Bertz CT molecular complexity index is 1380. The van der Waals surface area contributed by atoms with Crippen molar-refractivity contribution in [1.29, 1.82) is 0 Å². The number of carbonyl (C=O) groups excluding carboxylic acids is 1. The number of hydrogen-bond donors (Lipinski definition) is 2. The highest BCUT2D eigenvalue weighted by Gasteiger charge is 2.30. The van der Waals surface area contributed by atoms with Gasteiger partial charge in [0, 0.05) is 16.5 Å². The summed E-state index contributed by atoms with van der Waals surface area (Å²) in [7, 11) is 0. The molecule has 0 bridgehead atoms. The summed E-state index contributed by atoms with van der Waals surface area (Å²) in [4.78, 5) is 12.2. The van der Waals surface area contributed by atoms with Gasteiger partial charge in [0.15, 0.2) is 11.3 Å². The molecule has 35 heavy (non-hydrogen) atoms. The number of phenolic OH excluding ortho intramolecular Hbond substituents is 1. The van der Waals surface area contributed by atoms with Gasteiger partial charge in [-0.2, -0.15) is 5.10 Å².